The van der Waals surface area contributed by atoms with E-state index in [1.807, 2.05) is 0 Å². The highest BCUT2D eigenvalue weighted by Gasteiger charge is 2.38. The van der Waals surface area contributed by atoms with E-state index in [-0.39, 0.29) is 47.3 Å². The highest BCUT2D eigenvalue weighted by Crippen LogP contribution is 2.23. The molecule has 2 heterocycles. The number of benzene rings is 1. The molecule has 718 valence electrons. The van der Waals surface area contributed by atoms with Gasteiger partial charge in [-0.05, 0) is 83.6 Å². The minimum Gasteiger partial charge on any atom is -0.481 e. The third-order valence-corrected chi connectivity index (χ3v) is 20.6. The monoisotopic (exact) mass is 1870 g/mol. The third kappa shape index (κ3) is 40.9. The van der Waals surface area contributed by atoms with Gasteiger partial charge in [0.15, 0.2) is 11.2 Å². The van der Waals surface area contributed by atoms with E-state index < -0.39 is 338 Å². The van der Waals surface area contributed by atoms with Crippen LogP contribution in [0.25, 0.3) is 11.2 Å². The Labute approximate surface area is 734 Å². The molecular formula is C72H112N18O36S2. The Morgan fingerprint density at radius 3 is 1.21 bits per heavy atom. The zero-order chi connectivity index (χ0) is 96.4. The van der Waals surface area contributed by atoms with E-state index in [1.165, 1.54) is 30.5 Å². The van der Waals surface area contributed by atoms with E-state index in [0.717, 1.165) is 21.6 Å². The fourth-order valence-electron chi connectivity index (χ4n) is 10.9. The van der Waals surface area contributed by atoms with E-state index >= 15 is 0 Å². The van der Waals surface area contributed by atoms with Crippen LogP contribution in [0.15, 0.2) is 35.3 Å². The number of aliphatic hydroxyl groups excluding tert-OH is 15. The number of nitrogens with zero attached hydrogens (tertiary/aromatic N) is 3. The van der Waals surface area contributed by atoms with Gasteiger partial charge in [0.05, 0.1) is 56.6 Å². The summed E-state index contributed by atoms with van der Waals surface area (Å²) in [5.74, 6) is -20.6. The van der Waals surface area contributed by atoms with E-state index in [1.54, 1.807) is 20.8 Å². The number of rotatable bonds is 61. The normalized spacial score (nSPS) is 16.0. The standard InChI is InChI=1S/C72H112N18O36S2/c1-72(2,3)90-89-71(125)126-20-21-127-128-30-40(69(123)124)86-66(119)36(10-16-49(102)77-26-43(96)56(110)59(113)46(99)29-93)82-65(118)38(13-19-52(106)107)84-63(116)35(9-15-48(101)76-25-42(95)55(109)58(112)45(98)28-92)81-64(117)37(12-18-51(104)105)83-62(115)34(8-14-47(100)75-24-41(94)54(108)57(111)44(97)27-91)80-50(103)17-11-39(68(121)122)85-61(114)31-4-6-32(7-5-31)74-22-33-23-78-60-53(79-33)67(120)88-70(73)87-60/h4-7,23,34-46,54-59,74,90-99,108-113H,8-22,24-30H2,1-3H3,(H,75,100)(H,76,101)(H,77,102)(H,80,103)(H,81,117)(H,82,118)(H,83,115)(H,84,116)(H,85,114)(H,86,119)(H,89,125)(H,104,105)(H,106,107)(H,121,122)(H,123,124)(H3,73,78,87,88,120)/t34-,35-,36-,37+,38+,39+,40+,41-,42-,43-,44+,45+,46+,54+,55+,56+,57+,58+,59+/m0/s1. The number of hydrazine groups is 1. The Bertz CT molecular complexity index is 4240. The lowest BCUT2D eigenvalue weighted by molar-refractivity contribution is -0.142. The summed E-state index contributed by atoms with van der Waals surface area (Å²) in [4.78, 5) is 229. The zero-order valence-corrected chi connectivity index (χ0v) is 70.7. The summed E-state index contributed by atoms with van der Waals surface area (Å²) >= 11 is 0. The highest BCUT2D eigenvalue weighted by molar-refractivity contribution is 8.76. The molecule has 128 heavy (non-hydrogen) atoms. The van der Waals surface area contributed by atoms with Crippen LogP contribution in [-0.2, 0) is 73.6 Å². The summed E-state index contributed by atoms with van der Waals surface area (Å²) in [5.41, 5.74) is 9.78. The first-order chi connectivity index (χ1) is 60.1. The van der Waals surface area contributed by atoms with Crippen molar-refractivity contribution in [2.24, 2.45) is 0 Å². The maximum atomic E-state index is 14.8. The van der Waals surface area contributed by atoms with Crippen molar-refractivity contribution in [3.63, 3.8) is 0 Å². The Kier molecular flexibility index (Phi) is 48.9. The van der Waals surface area contributed by atoms with Gasteiger partial charge in [0.25, 0.3) is 11.5 Å². The SMILES string of the molecule is CC(C)(C)NNC(=O)OCCSSC[C@@H](NC(=O)[C@H](CCC(=O)NC[C@H](O)[C@@H](O)[C@H](O)[C@H](O)CO)NC(=O)[C@@H](CCC(=O)O)NC(=O)[C@H](CCC(=O)NC[C@H](O)[C@@H](O)[C@H](O)[C@H](O)CO)NC(=O)[C@@H](CCC(=O)O)NC(=O)[C@H](CCC(=O)NC[C@H](O)[C@@H](O)[C@H](O)[C@H](O)CO)NC(=O)CC[C@@H](NC(=O)c1ccc(NCc2cnc3nc(N)[nH]c(=O)c3n2)cc1)C(=O)O)C(=O)O. The van der Waals surface area contributed by atoms with Gasteiger partial charge in [0, 0.05) is 86.5 Å². The summed E-state index contributed by atoms with van der Waals surface area (Å²) < 4.78 is 5.05. The van der Waals surface area contributed by atoms with E-state index in [2.05, 4.69) is 89.3 Å². The van der Waals surface area contributed by atoms with Crippen LogP contribution in [0.4, 0.5) is 16.4 Å². The number of ether oxygens (including phenoxy) is 1. The summed E-state index contributed by atoms with van der Waals surface area (Å²) in [6.45, 7) is -1.07. The molecule has 1 aromatic carbocycles. The van der Waals surface area contributed by atoms with Crippen LogP contribution < -0.4 is 80.6 Å². The molecule has 54 nitrogen and oxygen atoms in total. The fraction of sp³-hybridized carbons (Fsp3) is 0.625. The highest BCUT2D eigenvalue weighted by atomic mass is 33.1. The number of anilines is 2. The lowest BCUT2D eigenvalue weighted by Gasteiger charge is -2.28. The predicted octanol–water partition coefficient (Wildman–Crippen LogP) is -13.0. The second-order valence-corrected chi connectivity index (χ2v) is 32.2. The molecular weight excluding hydrogens is 1760 g/mol. The second kappa shape index (κ2) is 56.3. The maximum absolute atomic E-state index is 14.8. The quantitative estimate of drug-likeness (QED) is 0.0142. The predicted molar refractivity (Wildman–Crippen MR) is 440 cm³/mol. The number of aromatic amines is 1. The van der Waals surface area contributed by atoms with Crippen molar-refractivity contribution in [3.8, 4) is 0 Å². The summed E-state index contributed by atoms with van der Waals surface area (Å²) in [6.07, 6.45) is -36.1. The van der Waals surface area contributed by atoms with Crippen LogP contribution in [0.2, 0.25) is 0 Å². The van der Waals surface area contributed by atoms with Crippen LogP contribution in [0, 0.1) is 0 Å². The van der Waals surface area contributed by atoms with Crippen LogP contribution in [0.5, 0.6) is 0 Å². The molecule has 0 fully saturated rings. The molecule has 0 aliphatic rings. The van der Waals surface area contributed by atoms with Crippen LogP contribution in [-0.4, -0.2) is 385 Å². The van der Waals surface area contributed by atoms with Gasteiger partial charge in [-0.3, -0.25) is 72.7 Å². The van der Waals surface area contributed by atoms with Gasteiger partial charge in [-0.1, -0.05) is 21.6 Å². The van der Waals surface area contributed by atoms with Gasteiger partial charge in [-0.15, -0.1) is 0 Å². The molecule has 11 amide bonds. The maximum Gasteiger partial charge on any atom is 0.421 e. The first kappa shape index (κ1) is 111. The van der Waals surface area contributed by atoms with Crippen molar-refractivity contribution < 1.29 is 174 Å². The first-order valence-electron chi connectivity index (χ1n) is 39.2. The topological polar surface area (TPSA) is 904 Å². The van der Waals surface area contributed by atoms with Crippen molar-refractivity contribution in [2.45, 2.75) is 225 Å². The lowest BCUT2D eigenvalue weighted by Crippen LogP contribution is -2.60. The number of carbonyl (C=O) groups is 15. The number of nitrogen functional groups attached to an aromatic ring is 1. The van der Waals surface area contributed by atoms with Crippen LogP contribution >= 0.6 is 21.6 Å². The molecule has 0 spiro atoms. The van der Waals surface area contributed by atoms with Crippen molar-refractivity contribution in [2.75, 3.05) is 68.6 Å². The zero-order valence-electron chi connectivity index (χ0n) is 69.1. The molecule has 0 bridgehead atoms. The Balaban J connectivity index is 2.09. The van der Waals surface area contributed by atoms with Crippen molar-refractivity contribution in [1.29, 1.82) is 0 Å². The number of hydrogen-bond donors (Lipinski definition) is 34. The lowest BCUT2D eigenvalue weighted by atomic mass is 10.0. The number of hydrogen-bond acceptors (Lipinski definition) is 40. The molecule has 0 saturated heterocycles. The molecule has 0 aliphatic carbocycles. The molecule has 0 radical (unpaired) electrons. The minimum absolute atomic E-state index is 0.00507. The van der Waals surface area contributed by atoms with Crippen molar-refractivity contribution in [3.05, 3.63) is 52.1 Å². The van der Waals surface area contributed by atoms with E-state index in [0.29, 0.717) is 5.69 Å². The minimum atomic E-state index is -2.28. The number of H-pyrrole nitrogens is 1. The smallest absolute Gasteiger partial charge is 0.421 e. The number of aliphatic carboxylic acids is 4. The first-order valence-corrected chi connectivity index (χ1v) is 41.7. The molecule has 0 aliphatic heterocycles. The van der Waals surface area contributed by atoms with Crippen molar-refractivity contribution in [1.82, 2.24) is 84.0 Å². The number of aromatic nitrogens is 4. The number of amides is 11. The average Bonchev–Trinajstić information content (AvgIpc) is 0.809. The molecule has 35 N–H and O–H groups in total. The van der Waals surface area contributed by atoms with Gasteiger partial charge in [-0.25, -0.2) is 29.8 Å². The fourth-order valence-corrected chi connectivity index (χ4v) is 12.8. The summed E-state index contributed by atoms with van der Waals surface area (Å²) in [7, 11) is 1.80. The average molecular weight is 1870 g/mol. The molecule has 2 aromatic heterocycles. The van der Waals surface area contributed by atoms with E-state index in [9.17, 15) is 174 Å². The van der Waals surface area contributed by atoms with Crippen molar-refractivity contribution >= 4 is 133 Å². The molecule has 0 saturated carbocycles. The number of nitrogens with two attached hydrogens (primary N) is 1. The third-order valence-electron chi connectivity index (χ3n) is 18.2. The van der Waals surface area contributed by atoms with Gasteiger partial charge < -0.3 is 166 Å². The largest absolute Gasteiger partial charge is 0.481 e. The number of carbonyl (C=O) groups excluding carboxylic acids is 11. The Morgan fingerprint density at radius 1 is 0.461 bits per heavy atom. The van der Waals surface area contributed by atoms with Gasteiger partial charge in [0.1, 0.15) is 104 Å². The summed E-state index contributed by atoms with van der Waals surface area (Å²) in [6, 6.07) is -9.27. The molecule has 3 aromatic rings. The second-order valence-electron chi connectivity index (χ2n) is 29.6. The number of fused-ring (bicyclic) bond motifs is 1. The van der Waals surface area contributed by atoms with Gasteiger partial charge in [0.2, 0.25) is 59.1 Å². The van der Waals surface area contributed by atoms with Crippen LogP contribution in [0.1, 0.15) is 114 Å². The molecule has 19 atom stereocenters. The molecule has 3 rings (SSSR count). The number of aliphatic hydroxyl groups is 15. The van der Waals surface area contributed by atoms with E-state index in [4.69, 9.17) is 10.5 Å². The molecule has 0 unspecified atom stereocenters. The Morgan fingerprint density at radius 2 is 0.828 bits per heavy atom. The van der Waals surface area contributed by atoms with Gasteiger partial charge >= 0.3 is 30.0 Å². The number of carboxylic acids is 4. The number of carboxylic acid groups (broad SMARTS) is 4. The number of nitrogens with one attached hydrogen (secondary N) is 14. The van der Waals surface area contributed by atoms with Gasteiger partial charge in [-0.2, -0.15) is 4.98 Å². The van der Waals surface area contributed by atoms with Crippen LogP contribution in [0.3, 0.4) is 0 Å². The Hall–Kier alpha value is -11.1. The summed E-state index contributed by atoms with van der Waals surface area (Å²) in [5, 5.41) is 215. The molecule has 56 heteroatoms.